The predicted octanol–water partition coefficient (Wildman–Crippen LogP) is 5.28. The largest absolute Gasteiger partial charge is 0.413 e. The Kier molecular flexibility index (Phi) is 4.96. The highest BCUT2D eigenvalue weighted by Crippen LogP contribution is 2.47. The zero-order chi connectivity index (χ0) is 16.7. The highest BCUT2D eigenvalue weighted by molar-refractivity contribution is 9.10. The summed E-state index contributed by atoms with van der Waals surface area (Å²) in [4.78, 5) is 3.63. The van der Waals surface area contributed by atoms with Crippen molar-refractivity contribution >= 4 is 36.6 Å². The number of H-pyrrole nitrogens is 1. The summed E-state index contributed by atoms with van der Waals surface area (Å²) in [5.41, 5.74) is 3.37. The van der Waals surface area contributed by atoms with Crippen molar-refractivity contribution in [3.8, 4) is 0 Å². The van der Waals surface area contributed by atoms with Gasteiger partial charge in [0.15, 0.2) is 9.76 Å². The Labute approximate surface area is 145 Å². The average Bonchev–Trinajstić information content (AvgIpc) is 2.82. The zero-order valence-corrected chi connectivity index (χ0v) is 17.8. The molecule has 2 nitrogen and oxygen atoms in total. The van der Waals surface area contributed by atoms with Crippen LogP contribution in [0.25, 0.3) is 10.9 Å². The van der Waals surface area contributed by atoms with Crippen molar-refractivity contribution in [3.63, 3.8) is 0 Å². The van der Waals surface area contributed by atoms with E-state index in [1.165, 1.54) is 22.2 Å². The number of hydrogen-bond donors (Lipinski definition) is 1. The van der Waals surface area contributed by atoms with E-state index in [4.69, 9.17) is 4.43 Å². The van der Waals surface area contributed by atoms with Gasteiger partial charge in [-0.1, -0.05) is 50.2 Å². The van der Waals surface area contributed by atoms with E-state index < -0.39 is 9.76 Å². The van der Waals surface area contributed by atoms with Crippen LogP contribution in [-0.4, -0.2) is 14.7 Å². The van der Waals surface area contributed by atoms with Crippen LogP contribution in [0.5, 0.6) is 0 Å². The van der Waals surface area contributed by atoms with Crippen LogP contribution in [0.1, 0.15) is 45.9 Å². The fraction of sp³-hybridized carbons (Fsp3) is 0.556. The molecule has 0 aliphatic heterocycles. The van der Waals surface area contributed by atoms with E-state index in [9.17, 15) is 0 Å². The fourth-order valence-electron chi connectivity index (χ4n) is 2.97. The normalized spacial score (nSPS) is 16.0. The van der Waals surface area contributed by atoms with Gasteiger partial charge in [0.05, 0.1) is 5.60 Å². The molecule has 0 saturated carbocycles. The van der Waals surface area contributed by atoms with Crippen LogP contribution in [0, 0.1) is 18.3 Å². The topological polar surface area (TPSA) is 25.0 Å². The van der Waals surface area contributed by atoms with Gasteiger partial charge >= 0.3 is 0 Å². The average molecular weight is 382 g/mol. The van der Waals surface area contributed by atoms with Crippen LogP contribution in [0.4, 0.5) is 0 Å². The molecule has 22 heavy (non-hydrogen) atoms. The maximum Gasteiger partial charge on any atom is 0.159 e. The van der Waals surface area contributed by atoms with Crippen LogP contribution in [0.3, 0.4) is 0 Å². The molecule has 4 heteroatoms. The van der Waals surface area contributed by atoms with E-state index in [1.807, 2.05) is 0 Å². The minimum Gasteiger partial charge on any atom is -0.413 e. The molecule has 1 atom stereocenters. The number of rotatable bonds is 5. The number of aryl methyl sites for hydroxylation is 1. The van der Waals surface area contributed by atoms with Gasteiger partial charge in [0.1, 0.15) is 0 Å². The van der Waals surface area contributed by atoms with Gasteiger partial charge in [0.25, 0.3) is 0 Å². The van der Waals surface area contributed by atoms with Crippen molar-refractivity contribution in [1.82, 2.24) is 4.98 Å². The number of fused-ring (bicyclic) bond motifs is 1. The standard InChI is InChI=1S/C18H28BrNOSi/c1-11(2)17(4,5)18(6,21-22-7)16-10-13-9-14(19)12(3)8-15(13)20-16/h8-11,20H,22H2,1-7H3. The van der Waals surface area contributed by atoms with Crippen LogP contribution < -0.4 is 0 Å². The lowest BCUT2D eigenvalue weighted by atomic mass is 9.67. The molecular formula is C18H28BrNOSi. The zero-order valence-electron chi connectivity index (χ0n) is 14.8. The molecule has 2 aromatic rings. The smallest absolute Gasteiger partial charge is 0.159 e. The monoisotopic (exact) mass is 381 g/mol. The molecule has 0 aliphatic rings. The quantitative estimate of drug-likeness (QED) is 0.699. The third-order valence-corrected chi connectivity index (χ3v) is 7.24. The summed E-state index contributed by atoms with van der Waals surface area (Å²) in [6.45, 7) is 15.8. The minimum atomic E-state index is -0.527. The van der Waals surface area contributed by atoms with Gasteiger partial charge in [-0.2, -0.15) is 0 Å². The number of aromatic amines is 1. The second-order valence-electron chi connectivity index (χ2n) is 7.21. The number of aromatic nitrogens is 1. The van der Waals surface area contributed by atoms with Gasteiger partial charge < -0.3 is 9.41 Å². The van der Waals surface area contributed by atoms with E-state index in [0.717, 1.165) is 4.47 Å². The Morgan fingerprint density at radius 3 is 2.36 bits per heavy atom. The lowest BCUT2D eigenvalue weighted by molar-refractivity contribution is -0.0608. The van der Waals surface area contributed by atoms with E-state index in [-0.39, 0.29) is 11.0 Å². The summed E-state index contributed by atoms with van der Waals surface area (Å²) in [5, 5.41) is 1.24. The fourth-order valence-corrected chi connectivity index (χ4v) is 4.43. The van der Waals surface area contributed by atoms with E-state index in [2.05, 4.69) is 87.2 Å². The predicted molar refractivity (Wildman–Crippen MR) is 102 cm³/mol. The van der Waals surface area contributed by atoms with Gasteiger partial charge in [-0.3, -0.25) is 0 Å². The molecule has 2 rings (SSSR count). The molecule has 0 spiro atoms. The Morgan fingerprint density at radius 2 is 1.82 bits per heavy atom. The summed E-state index contributed by atoms with van der Waals surface area (Å²) < 4.78 is 7.58. The maximum absolute atomic E-state index is 6.43. The van der Waals surface area contributed by atoms with Gasteiger partial charge in [-0.15, -0.1) is 0 Å². The number of halogens is 1. The highest BCUT2D eigenvalue weighted by Gasteiger charge is 2.45. The SMILES string of the molecule is C[SiH2]OC(C)(c1cc2cc(Br)c(C)cc2[nH]1)C(C)(C)C(C)C. The third-order valence-electron chi connectivity index (χ3n) is 5.52. The Morgan fingerprint density at radius 1 is 1.18 bits per heavy atom. The highest BCUT2D eigenvalue weighted by atomic mass is 79.9. The molecule has 1 aromatic carbocycles. The molecule has 0 bridgehead atoms. The lowest BCUT2D eigenvalue weighted by Crippen LogP contribution is -2.46. The first-order valence-electron chi connectivity index (χ1n) is 8.06. The summed E-state index contributed by atoms with van der Waals surface area (Å²) in [6.07, 6.45) is 0. The van der Waals surface area contributed by atoms with Crippen molar-refractivity contribution < 1.29 is 4.43 Å². The maximum atomic E-state index is 6.43. The first-order chi connectivity index (χ1) is 10.1. The van der Waals surface area contributed by atoms with Gasteiger partial charge in [0.2, 0.25) is 0 Å². The molecule has 1 heterocycles. The molecule has 0 amide bonds. The van der Waals surface area contributed by atoms with E-state index in [0.29, 0.717) is 5.92 Å². The first-order valence-corrected chi connectivity index (χ1v) is 10.8. The Balaban J connectivity index is 2.63. The second kappa shape index (κ2) is 6.14. The van der Waals surface area contributed by atoms with Gasteiger partial charge in [-0.25, -0.2) is 0 Å². The number of hydrogen-bond acceptors (Lipinski definition) is 1. The molecule has 1 aromatic heterocycles. The summed E-state index contributed by atoms with van der Waals surface area (Å²) in [5.74, 6) is 0.526. The van der Waals surface area contributed by atoms with Crippen molar-refractivity contribution in [2.45, 2.75) is 53.7 Å². The molecule has 0 radical (unpaired) electrons. The van der Waals surface area contributed by atoms with Crippen molar-refractivity contribution in [2.75, 3.05) is 0 Å². The summed E-state index contributed by atoms with van der Waals surface area (Å²) >= 11 is 3.63. The second-order valence-corrected chi connectivity index (χ2v) is 8.93. The summed E-state index contributed by atoms with van der Waals surface area (Å²) in [7, 11) is -0.527. The number of benzene rings is 1. The third kappa shape index (κ3) is 2.81. The van der Waals surface area contributed by atoms with Crippen LogP contribution >= 0.6 is 15.9 Å². The van der Waals surface area contributed by atoms with Crippen LogP contribution in [0.2, 0.25) is 6.55 Å². The number of nitrogens with one attached hydrogen (secondary N) is 1. The Hall–Kier alpha value is -0.583. The molecule has 1 N–H and O–H groups in total. The molecule has 0 saturated heterocycles. The molecule has 1 unspecified atom stereocenters. The van der Waals surface area contributed by atoms with Crippen molar-refractivity contribution in [1.29, 1.82) is 0 Å². The van der Waals surface area contributed by atoms with Crippen molar-refractivity contribution in [2.24, 2.45) is 11.3 Å². The summed E-state index contributed by atoms with van der Waals surface area (Å²) in [6, 6.07) is 6.65. The molecule has 0 aliphatic carbocycles. The van der Waals surface area contributed by atoms with Crippen molar-refractivity contribution in [3.05, 3.63) is 33.9 Å². The molecule has 0 fully saturated rings. The van der Waals surface area contributed by atoms with E-state index >= 15 is 0 Å². The van der Waals surface area contributed by atoms with Gasteiger partial charge in [0, 0.05) is 26.5 Å². The van der Waals surface area contributed by atoms with Gasteiger partial charge in [-0.05, 0) is 43.5 Å². The van der Waals surface area contributed by atoms with E-state index in [1.54, 1.807) is 0 Å². The minimum absolute atomic E-state index is 0.0448. The lowest BCUT2D eigenvalue weighted by Gasteiger charge is -2.46. The van der Waals surface area contributed by atoms with Crippen LogP contribution in [0.15, 0.2) is 22.7 Å². The van der Waals surface area contributed by atoms with Crippen LogP contribution in [-0.2, 0) is 10.0 Å². The first kappa shape index (κ1) is 17.8. The molecule has 122 valence electrons. The Bertz CT molecular complexity index is 638. The molecular weight excluding hydrogens is 354 g/mol.